The van der Waals surface area contributed by atoms with Crippen LogP contribution in [0, 0.1) is 5.41 Å². The van der Waals surface area contributed by atoms with E-state index < -0.39 is 17.0 Å². The lowest BCUT2D eigenvalue weighted by atomic mass is 9.76. The van der Waals surface area contributed by atoms with Crippen molar-refractivity contribution < 1.29 is 14.6 Å². The molecule has 0 radical (unpaired) electrons. The minimum atomic E-state index is -1.52. The smallest absolute Gasteiger partial charge is 0.338 e. The SMILES string of the molecule is C=CC(C)(C)C(C)(O)C(=O)OCC. The average Bonchev–Trinajstić information content (AvgIpc) is 2.04. The van der Waals surface area contributed by atoms with Crippen molar-refractivity contribution in [1.82, 2.24) is 0 Å². The van der Waals surface area contributed by atoms with Crippen LogP contribution in [-0.2, 0) is 9.53 Å². The molecular formula is C10H18O3. The summed E-state index contributed by atoms with van der Waals surface area (Å²) >= 11 is 0. The number of esters is 1. The van der Waals surface area contributed by atoms with Crippen molar-refractivity contribution in [2.75, 3.05) is 6.61 Å². The molecule has 0 aliphatic rings. The molecule has 3 nitrogen and oxygen atoms in total. The number of hydrogen-bond donors (Lipinski definition) is 1. The van der Waals surface area contributed by atoms with E-state index in [1.54, 1.807) is 26.8 Å². The molecule has 0 saturated carbocycles. The second kappa shape index (κ2) is 3.92. The largest absolute Gasteiger partial charge is 0.464 e. The number of ether oxygens (including phenoxy) is 1. The summed E-state index contributed by atoms with van der Waals surface area (Å²) in [4.78, 5) is 11.4. The Bertz CT molecular complexity index is 204. The first-order chi connectivity index (χ1) is 5.79. The predicted molar refractivity (Wildman–Crippen MR) is 51.2 cm³/mol. The monoisotopic (exact) mass is 186 g/mol. The molecule has 0 spiro atoms. The van der Waals surface area contributed by atoms with Gasteiger partial charge in [-0.25, -0.2) is 4.79 Å². The first kappa shape index (κ1) is 12.2. The van der Waals surface area contributed by atoms with Crippen LogP contribution < -0.4 is 0 Å². The molecule has 0 saturated heterocycles. The first-order valence-electron chi connectivity index (χ1n) is 4.32. The molecule has 3 heteroatoms. The van der Waals surface area contributed by atoms with Gasteiger partial charge in [-0.2, -0.15) is 0 Å². The summed E-state index contributed by atoms with van der Waals surface area (Å²) in [5.74, 6) is -0.611. The topological polar surface area (TPSA) is 46.5 Å². The Morgan fingerprint density at radius 3 is 2.31 bits per heavy atom. The minimum Gasteiger partial charge on any atom is -0.464 e. The fourth-order valence-corrected chi connectivity index (χ4v) is 0.733. The zero-order valence-corrected chi connectivity index (χ0v) is 8.76. The Labute approximate surface area is 79.4 Å². The molecule has 0 heterocycles. The lowest BCUT2D eigenvalue weighted by Crippen LogP contribution is -2.48. The molecule has 1 atom stereocenters. The van der Waals surface area contributed by atoms with Crippen molar-refractivity contribution in [3.05, 3.63) is 12.7 Å². The van der Waals surface area contributed by atoms with Crippen molar-refractivity contribution in [3.8, 4) is 0 Å². The van der Waals surface area contributed by atoms with Crippen LogP contribution in [0.25, 0.3) is 0 Å². The second-order valence-electron chi connectivity index (χ2n) is 3.72. The summed E-state index contributed by atoms with van der Waals surface area (Å²) in [6.45, 7) is 10.4. The van der Waals surface area contributed by atoms with E-state index >= 15 is 0 Å². The molecule has 0 aliphatic carbocycles. The molecule has 0 aromatic carbocycles. The molecule has 0 amide bonds. The molecule has 0 aromatic heterocycles. The quantitative estimate of drug-likeness (QED) is 0.534. The highest BCUT2D eigenvalue weighted by Crippen LogP contribution is 2.32. The fraction of sp³-hybridized carbons (Fsp3) is 0.700. The van der Waals surface area contributed by atoms with E-state index in [9.17, 15) is 9.90 Å². The Morgan fingerprint density at radius 2 is 2.00 bits per heavy atom. The number of carbonyl (C=O) groups is 1. The molecule has 0 bridgehead atoms. The van der Waals surface area contributed by atoms with Crippen LogP contribution in [0.1, 0.15) is 27.7 Å². The third kappa shape index (κ3) is 2.31. The summed E-state index contributed by atoms with van der Waals surface area (Å²) in [6, 6.07) is 0. The van der Waals surface area contributed by atoms with Crippen molar-refractivity contribution in [1.29, 1.82) is 0 Å². The van der Waals surface area contributed by atoms with Gasteiger partial charge in [-0.05, 0) is 13.8 Å². The zero-order valence-electron chi connectivity index (χ0n) is 8.76. The third-order valence-corrected chi connectivity index (χ3v) is 2.44. The van der Waals surface area contributed by atoms with Crippen LogP contribution in [0.2, 0.25) is 0 Å². The Morgan fingerprint density at radius 1 is 1.54 bits per heavy atom. The Hall–Kier alpha value is -0.830. The maximum Gasteiger partial charge on any atom is 0.338 e. The van der Waals surface area contributed by atoms with Gasteiger partial charge in [0, 0.05) is 5.41 Å². The lowest BCUT2D eigenvalue weighted by Gasteiger charge is -2.34. The maximum atomic E-state index is 11.4. The van der Waals surface area contributed by atoms with Crippen LogP contribution in [-0.4, -0.2) is 23.3 Å². The van der Waals surface area contributed by atoms with Gasteiger partial charge in [0.25, 0.3) is 0 Å². The number of carbonyl (C=O) groups excluding carboxylic acids is 1. The van der Waals surface area contributed by atoms with Crippen molar-refractivity contribution in [3.63, 3.8) is 0 Å². The standard InChI is InChI=1S/C10H18O3/c1-6-9(3,4)10(5,12)8(11)13-7-2/h6,12H,1,7H2,2-5H3. The summed E-state index contributed by atoms with van der Waals surface area (Å²) in [5.41, 5.74) is -2.22. The number of aliphatic hydroxyl groups is 1. The van der Waals surface area contributed by atoms with E-state index in [1.807, 2.05) is 0 Å². The van der Waals surface area contributed by atoms with Crippen molar-refractivity contribution >= 4 is 5.97 Å². The number of hydrogen-bond acceptors (Lipinski definition) is 3. The fourth-order valence-electron chi connectivity index (χ4n) is 0.733. The Kier molecular flexibility index (Phi) is 3.67. The van der Waals surface area contributed by atoms with Gasteiger partial charge < -0.3 is 9.84 Å². The lowest BCUT2D eigenvalue weighted by molar-refractivity contribution is -0.172. The van der Waals surface area contributed by atoms with Crippen LogP contribution >= 0.6 is 0 Å². The molecular weight excluding hydrogens is 168 g/mol. The minimum absolute atomic E-state index is 0.266. The molecule has 0 aliphatic heterocycles. The highest BCUT2D eigenvalue weighted by molar-refractivity contribution is 5.80. The first-order valence-corrected chi connectivity index (χ1v) is 4.32. The second-order valence-corrected chi connectivity index (χ2v) is 3.72. The zero-order chi connectivity index (χ0) is 10.7. The highest BCUT2D eigenvalue weighted by Gasteiger charge is 2.44. The molecule has 0 aromatic rings. The Balaban J connectivity index is 4.74. The average molecular weight is 186 g/mol. The van der Waals surface area contributed by atoms with Gasteiger partial charge in [-0.1, -0.05) is 19.9 Å². The van der Waals surface area contributed by atoms with E-state index in [0.717, 1.165) is 0 Å². The van der Waals surface area contributed by atoms with E-state index in [4.69, 9.17) is 4.74 Å². The van der Waals surface area contributed by atoms with E-state index in [2.05, 4.69) is 6.58 Å². The van der Waals surface area contributed by atoms with E-state index in [0.29, 0.717) is 0 Å². The molecule has 0 rings (SSSR count). The summed E-state index contributed by atoms with van der Waals surface area (Å²) in [5, 5.41) is 9.90. The third-order valence-electron chi connectivity index (χ3n) is 2.44. The molecule has 76 valence electrons. The molecule has 0 fully saturated rings. The molecule has 1 unspecified atom stereocenters. The van der Waals surface area contributed by atoms with Crippen LogP contribution in [0.3, 0.4) is 0 Å². The van der Waals surface area contributed by atoms with E-state index in [1.165, 1.54) is 6.92 Å². The van der Waals surface area contributed by atoms with E-state index in [-0.39, 0.29) is 6.61 Å². The van der Waals surface area contributed by atoms with Crippen molar-refractivity contribution in [2.24, 2.45) is 5.41 Å². The van der Waals surface area contributed by atoms with Crippen molar-refractivity contribution in [2.45, 2.75) is 33.3 Å². The number of rotatable bonds is 4. The van der Waals surface area contributed by atoms with Crippen LogP contribution in [0.4, 0.5) is 0 Å². The van der Waals surface area contributed by atoms with Gasteiger partial charge in [0.1, 0.15) is 0 Å². The van der Waals surface area contributed by atoms with Gasteiger partial charge in [0.2, 0.25) is 0 Å². The van der Waals surface area contributed by atoms with Gasteiger partial charge in [0.05, 0.1) is 6.61 Å². The van der Waals surface area contributed by atoms with Gasteiger partial charge in [0.15, 0.2) is 5.60 Å². The predicted octanol–water partition coefficient (Wildman–Crippen LogP) is 1.51. The summed E-state index contributed by atoms with van der Waals surface area (Å²) in [6.07, 6.45) is 1.55. The van der Waals surface area contributed by atoms with Crippen LogP contribution in [0.15, 0.2) is 12.7 Å². The summed E-state index contributed by atoms with van der Waals surface area (Å²) in [7, 11) is 0. The maximum absolute atomic E-state index is 11.4. The van der Waals surface area contributed by atoms with Crippen LogP contribution in [0.5, 0.6) is 0 Å². The molecule has 13 heavy (non-hydrogen) atoms. The van der Waals surface area contributed by atoms with Gasteiger partial charge >= 0.3 is 5.97 Å². The summed E-state index contributed by atoms with van der Waals surface area (Å²) < 4.78 is 4.76. The highest BCUT2D eigenvalue weighted by atomic mass is 16.5. The normalized spacial score (nSPS) is 16.1. The van der Waals surface area contributed by atoms with Gasteiger partial charge in [-0.15, -0.1) is 6.58 Å². The molecule has 1 N–H and O–H groups in total. The van der Waals surface area contributed by atoms with Gasteiger partial charge in [-0.3, -0.25) is 0 Å².